The fourth-order valence-corrected chi connectivity index (χ4v) is 3.32. The van der Waals surface area contributed by atoms with E-state index in [1.165, 1.54) is 27.1 Å². The third-order valence-electron chi connectivity index (χ3n) is 3.32. The highest BCUT2D eigenvalue weighted by Gasteiger charge is 2.18. The Morgan fingerprint density at radius 2 is 1.89 bits per heavy atom. The van der Waals surface area contributed by atoms with Gasteiger partial charge in [0.2, 0.25) is 0 Å². The van der Waals surface area contributed by atoms with Crippen LogP contribution in [0.25, 0.3) is 0 Å². The smallest absolute Gasteiger partial charge is 0.0676 e. The Balaban J connectivity index is 2.48. The standard InChI is InChI=1S/C16H21NS/c1-5-17-15(16-13(4)8-9-18-16)14-10-11(2)6-7-12(14)3/h6-10,15,17H,5H2,1-4H3. The van der Waals surface area contributed by atoms with E-state index < -0.39 is 0 Å². The molecule has 0 saturated heterocycles. The zero-order chi connectivity index (χ0) is 13.1. The quantitative estimate of drug-likeness (QED) is 0.859. The summed E-state index contributed by atoms with van der Waals surface area (Å²) in [5, 5.41) is 5.80. The molecule has 96 valence electrons. The van der Waals surface area contributed by atoms with Gasteiger partial charge in [-0.1, -0.05) is 30.7 Å². The first-order valence-corrected chi connectivity index (χ1v) is 7.36. The largest absolute Gasteiger partial charge is 0.306 e. The summed E-state index contributed by atoms with van der Waals surface area (Å²) in [7, 11) is 0. The lowest BCUT2D eigenvalue weighted by Gasteiger charge is -2.21. The lowest BCUT2D eigenvalue weighted by molar-refractivity contribution is 0.634. The van der Waals surface area contributed by atoms with E-state index in [0.717, 1.165) is 6.54 Å². The number of nitrogens with one attached hydrogen (secondary N) is 1. The normalized spacial score (nSPS) is 12.7. The molecule has 1 atom stereocenters. The maximum Gasteiger partial charge on any atom is 0.0676 e. The van der Waals surface area contributed by atoms with Gasteiger partial charge in [-0.2, -0.15) is 0 Å². The van der Waals surface area contributed by atoms with Crippen LogP contribution in [-0.4, -0.2) is 6.54 Å². The number of thiophene rings is 1. The Morgan fingerprint density at radius 1 is 1.11 bits per heavy atom. The van der Waals surface area contributed by atoms with E-state index in [-0.39, 0.29) is 0 Å². The molecule has 1 unspecified atom stereocenters. The zero-order valence-electron chi connectivity index (χ0n) is 11.6. The summed E-state index contributed by atoms with van der Waals surface area (Å²) >= 11 is 1.84. The maximum absolute atomic E-state index is 3.62. The Morgan fingerprint density at radius 3 is 2.50 bits per heavy atom. The second-order valence-electron chi connectivity index (χ2n) is 4.82. The average Bonchev–Trinajstić information content (AvgIpc) is 2.76. The van der Waals surface area contributed by atoms with Gasteiger partial charge in [-0.3, -0.25) is 0 Å². The maximum atomic E-state index is 3.62. The second-order valence-corrected chi connectivity index (χ2v) is 5.77. The van der Waals surface area contributed by atoms with Gasteiger partial charge in [-0.25, -0.2) is 0 Å². The first-order valence-electron chi connectivity index (χ1n) is 6.48. The summed E-state index contributed by atoms with van der Waals surface area (Å²) in [6.07, 6.45) is 0. The molecule has 0 aliphatic heterocycles. The van der Waals surface area contributed by atoms with Gasteiger partial charge < -0.3 is 5.32 Å². The molecule has 0 aliphatic rings. The van der Waals surface area contributed by atoms with Crippen molar-refractivity contribution >= 4 is 11.3 Å². The summed E-state index contributed by atoms with van der Waals surface area (Å²) in [4.78, 5) is 1.44. The van der Waals surface area contributed by atoms with E-state index in [2.05, 4.69) is 62.7 Å². The van der Waals surface area contributed by atoms with Crippen molar-refractivity contribution < 1.29 is 0 Å². The van der Waals surface area contributed by atoms with Crippen molar-refractivity contribution in [2.24, 2.45) is 0 Å². The van der Waals surface area contributed by atoms with Gasteiger partial charge in [0, 0.05) is 4.88 Å². The molecule has 2 heteroatoms. The van der Waals surface area contributed by atoms with Crippen molar-refractivity contribution in [1.29, 1.82) is 0 Å². The predicted octanol–water partition coefficient (Wildman–Crippen LogP) is 4.37. The monoisotopic (exact) mass is 259 g/mol. The van der Waals surface area contributed by atoms with Crippen molar-refractivity contribution in [3.63, 3.8) is 0 Å². The third-order valence-corrected chi connectivity index (χ3v) is 4.40. The van der Waals surface area contributed by atoms with E-state index in [9.17, 15) is 0 Å². The van der Waals surface area contributed by atoms with Crippen molar-refractivity contribution in [3.8, 4) is 0 Å². The Kier molecular flexibility index (Phi) is 4.20. The Bertz CT molecular complexity index is 528. The molecule has 18 heavy (non-hydrogen) atoms. The van der Waals surface area contributed by atoms with Gasteiger partial charge in [-0.05, 0) is 55.5 Å². The van der Waals surface area contributed by atoms with Crippen LogP contribution < -0.4 is 5.32 Å². The number of aryl methyl sites for hydroxylation is 3. The molecule has 0 spiro atoms. The summed E-state index contributed by atoms with van der Waals surface area (Å²) in [5.41, 5.74) is 5.47. The number of rotatable bonds is 4. The van der Waals surface area contributed by atoms with Crippen molar-refractivity contribution in [2.45, 2.75) is 33.7 Å². The first-order chi connectivity index (χ1) is 8.63. The summed E-state index contributed by atoms with van der Waals surface area (Å²) in [6.45, 7) is 9.70. The highest BCUT2D eigenvalue weighted by Crippen LogP contribution is 2.31. The Labute approximate surface area is 114 Å². The molecule has 2 aromatic rings. The minimum Gasteiger partial charge on any atom is -0.306 e. The number of hydrogen-bond acceptors (Lipinski definition) is 2. The molecular weight excluding hydrogens is 238 g/mol. The predicted molar refractivity (Wildman–Crippen MR) is 80.5 cm³/mol. The highest BCUT2D eigenvalue weighted by molar-refractivity contribution is 7.10. The topological polar surface area (TPSA) is 12.0 Å². The minimum atomic E-state index is 0.329. The van der Waals surface area contributed by atoms with E-state index in [4.69, 9.17) is 0 Å². The van der Waals surface area contributed by atoms with Crippen LogP contribution in [0.15, 0.2) is 29.6 Å². The van der Waals surface area contributed by atoms with Crippen molar-refractivity contribution in [2.75, 3.05) is 6.54 Å². The summed E-state index contributed by atoms with van der Waals surface area (Å²) in [6, 6.07) is 9.24. The van der Waals surface area contributed by atoms with E-state index in [1.807, 2.05) is 11.3 Å². The van der Waals surface area contributed by atoms with Gasteiger partial charge in [0.15, 0.2) is 0 Å². The van der Waals surface area contributed by atoms with Crippen LogP contribution in [-0.2, 0) is 0 Å². The molecule has 1 N–H and O–H groups in total. The SMILES string of the molecule is CCNC(c1cc(C)ccc1C)c1sccc1C. The first kappa shape index (κ1) is 13.3. The third kappa shape index (κ3) is 2.65. The highest BCUT2D eigenvalue weighted by atomic mass is 32.1. The molecule has 1 heterocycles. The second kappa shape index (κ2) is 5.68. The van der Waals surface area contributed by atoms with Gasteiger partial charge in [0.1, 0.15) is 0 Å². The molecule has 1 aromatic carbocycles. The lowest BCUT2D eigenvalue weighted by atomic mass is 9.96. The van der Waals surface area contributed by atoms with Crippen LogP contribution in [0.4, 0.5) is 0 Å². The van der Waals surface area contributed by atoms with Gasteiger partial charge in [0.25, 0.3) is 0 Å². The van der Waals surface area contributed by atoms with E-state index >= 15 is 0 Å². The summed E-state index contributed by atoms with van der Waals surface area (Å²) < 4.78 is 0. The fourth-order valence-electron chi connectivity index (χ4n) is 2.30. The number of hydrogen-bond donors (Lipinski definition) is 1. The fraction of sp³-hybridized carbons (Fsp3) is 0.375. The van der Waals surface area contributed by atoms with Gasteiger partial charge in [0.05, 0.1) is 6.04 Å². The van der Waals surface area contributed by atoms with Crippen LogP contribution in [0.1, 0.15) is 40.1 Å². The molecule has 1 aromatic heterocycles. The molecule has 1 nitrogen and oxygen atoms in total. The summed E-state index contributed by atoms with van der Waals surface area (Å²) in [5.74, 6) is 0. The number of benzene rings is 1. The van der Waals surface area contributed by atoms with Crippen molar-refractivity contribution in [3.05, 3.63) is 56.8 Å². The van der Waals surface area contributed by atoms with E-state index in [1.54, 1.807) is 0 Å². The van der Waals surface area contributed by atoms with Crippen LogP contribution in [0.3, 0.4) is 0 Å². The van der Waals surface area contributed by atoms with Gasteiger partial charge in [-0.15, -0.1) is 11.3 Å². The molecule has 0 amide bonds. The molecule has 0 saturated carbocycles. The van der Waals surface area contributed by atoms with Crippen LogP contribution in [0.5, 0.6) is 0 Å². The van der Waals surface area contributed by atoms with Crippen LogP contribution in [0.2, 0.25) is 0 Å². The van der Waals surface area contributed by atoms with Crippen molar-refractivity contribution in [1.82, 2.24) is 5.32 Å². The molecule has 0 bridgehead atoms. The Hall–Kier alpha value is -1.12. The molecule has 0 aliphatic carbocycles. The lowest BCUT2D eigenvalue weighted by Crippen LogP contribution is -2.22. The van der Waals surface area contributed by atoms with Crippen LogP contribution in [0, 0.1) is 20.8 Å². The van der Waals surface area contributed by atoms with E-state index in [0.29, 0.717) is 6.04 Å². The van der Waals surface area contributed by atoms with Crippen LogP contribution >= 0.6 is 11.3 Å². The average molecular weight is 259 g/mol. The minimum absolute atomic E-state index is 0.329. The molecule has 0 radical (unpaired) electrons. The zero-order valence-corrected chi connectivity index (χ0v) is 12.4. The molecular formula is C16H21NS. The van der Waals surface area contributed by atoms with Gasteiger partial charge >= 0.3 is 0 Å². The molecule has 2 rings (SSSR count). The molecule has 0 fully saturated rings.